The maximum absolute atomic E-state index is 6.20. The molecule has 0 saturated carbocycles. The molecule has 0 saturated heterocycles. The first-order valence-corrected chi connectivity index (χ1v) is 16.6. The molecule has 0 atom stereocenters. The van der Waals surface area contributed by atoms with Crippen molar-refractivity contribution in [1.29, 1.82) is 0 Å². The van der Waals surface area contributed by atoms with Crippen LogP contribution in [0.15, 0.2) is 185 Å². The molecule has 3 heteroatoms. The molecule has 49 heavy (non-hydrogen) atoms. The molecule has 3 nitrogen and oxygen atoms in total. The molecule has 0 aliphatic heterocycles. The monoisotopic (exact) mass is 627 g/mol. The van der Waals surface area contributed by atoms with Crippen molar-refractivity contribution in [3.8, 4) is 22.3 Å². The fourth-order valence-electron chi connectivity index (χ4n) is 7.28. The molecule has 0 fully saturated rings. The van der Waals surface area contributed by atoms with Crippen LogP contribution in [0.1, 0.15) is 0 Å². The summed E-state index contributed by atoms with van der Waals surface area (Å²) in [5, 5.41) is 6.92. The zero-order valence-electron chi connectivity index (χ0n) is 26.5. The van der Waals surface area contributed by atoms with E-state index in [1.807, 2.05) is 24.3 Å². The van der Waals surface area contributed by atoms with Crippen molar-refractivity contribution in [2.75, 3.05) is 4.90 Å². The van der Waals surface area contributed by atoms with E-state index in [2.05, 4.69) is 157 Å². The Hall–Kier alpha value is -6.58. The third-order valence-electron chi connectivity index (χ3n) is 9.65. The Morgan fingerprint density at radius 3 is 1.73 bits per heavy atom. The standard InChI is InChI=1S/C46H29NO2/c1-2-9-30(10-3-1)33-11-8-12-36(27-33)47(37-24-26-44-41(29-37)38-13-4-6-15-42(38)48-44)35-22-19-31(20-23-35)34-18-17-32-21-25-45-46(40(32)28-34)39-14-5-7-16-43(39)49-45/h1-29H. The van der Waals surface area contributed by atoms with Gasteiger partial charge in [-0.15, -0.1) is 0 Å². The van der Waals surface area contributed by atoms with Crippen molar-refractivity contribution in [1.82, 2.24) is 0 Å². The summed E-state index contributed by atoms with van der Waals surface area (Å²) in [5.41, 5.74) is 11.5. The number of fused-ring (bicyclic) bond motifs is 8. The Bertz CT molecular complexity index is 2830. The predicted molar refractivity (Wildman–Crippen MR) is 204 cm³/mol. The highest BCUT2D eigenvalue weighted by Gasteiger charge is 2.17. The molecule has 8 aromatic carbocycles. The quantitative estimate of drug-likeness (QED) is 0.190. The third kappa shape index (κ3) is 4.59. The lowest BCUT2D eigenvalue weighted by Gasteiger charge is -2.26. The molecular weight excluding hydrogens is 599 g/mol. The second kappa shape index (κ2) is 11.0. The van der Waals surface area contributed by atoms with Gasteiger partial charge in [0.2, 0.25) is 0 Å². The number of benzene rings is 8. The SMILES string of the molecule is c1ccc(-c2cccc(N(c3ccc(-c4ccc5ccc6oc7ccccc7c6c5c4)cc3)c3ccc4oc5ccccc5c4c3)c2)cc1. The summed E-state index contributed by atoms with van der Waals surface area (Å²) < 4.78 is 12.4. The summed E-state index contributed by atoms with van der Waals surface area (Å²) in [4.78, 5) is 2.33. The molecule has 0 radical (unpaired) electrons. The first-order valence-electron chi connectivity index (χ1n) is 16.6. The van der Waals surface area contributed by atoms with E-state index in [1.54, 1.807) is 0 Å². The van der Waals surface area contributed by atoms with E-state index in [0.29, 0.717) is 0 Å². The molecule has 0 N–H and O–H groups in total. The summed E-state index contributed by atoms with van der Waals surface area (Å²) in [7, 11) is 0. The van der Waals surface area contributed by atoms with Crippen LogP contribution < -0.4 is 4.90 Å². The van der Waals surface area contributed by atoms with Gasteiger partial charge in [0.05, 0.1) is 0 Å². The first-order chi connectivity index (χ1) is 24.3. The number of para-hydroxylation sites is 2. The van der Waals surface area contributed by atoms with Gasteiger partial charge in [-0.3, -0.25) is 0 Å². The fraction of sp³-hybridized carbons (Fsp3) is 0. The largest absolute Gasteiger partial charge is 0.456 e. The normalized spacial score (nSPS) is 11.7. The van der Waals surface area contributed by atoms with Crippen LogP contribution in [0.2, 0.25) is 0 Å². The van der Waals surface area contributed by atoms with Crippen LogP contribution in [0.5, 0.6) is 0 Å². The number of hydrogen-bond acceptors (Lipinski definition) is 3. The lowest BCUT2D eigenvalue weighted by molar-refractivity contribution is 0.668. The highest BCUT2D eigenvalue weighted by Crippen LogP contribution is 2.41. The average molecular weight is 628 g/mol. The lowest BCUT2D eigenvalue weighted by atomic mass is 9.98. The molecule has 10 aromatic rings. The van der Waals surface area contributed by atoms with Crippen molar-refractivity contribution >= 4 is 71.7 Å². The van der Waals surface area contributed by atoms with Gasteiger partial charge in [0, 0.05) is 38.6 Å². The highest BCUT2D eigenvalue weighted by atomic mass is 16.3. The Morgan fingerprint density at radius 2 is 0.878 bits per heavy atom. The second-order valence-corrected chi connectivity index (χ2v) is 12.6. The average Bonchev–Trinajstić information content (AvgIpc) is 3.74. The third-order valence-corrected chi connectivity index (χ3v) is 9.65. The van der Waals surface area contributed by atoms with E-state index in [4.69, 9.17) is 8.83 Å². The number of anilines is 3. The van der Waals surface area contributed by atoms with Gasteiger partial charge in [-0.1, -0.05) is 109 Å². The van der Waals surface area contributed by atoms with Crippen LogP contribution in [0.4, 0.5) is 17.1 Å². The molecule has 230 valence electrons. The summed E-state index contributed by atoms with van der Waals surface area (Å²) in [6.45, 7) is 0. The van der Waals surface area contributed by atoms with Gasteiger partial charge in [0.15, 0.2) is 0 Å². The van der Waals surface area contributed by atoms with E-state index in [0.717, 1.165) is 61.1 Å². The van der Waals surface area contributed by atoms with Crippen molar-refractivity contribution in [2.24, 2.45) is 0 Å². The van der Waals surface area contributed by atoms with Gasteiger partial charge in [0.1, 0.15) is 22.3 Å². The van der Waals surface area contributed by atoms with Gasteiger partial charge in [-0.25, -0.2) is 0 Å². The molecule has 0 aliphatic carbocycles. The van der Waals surface area contributed by atoms with Gasteiger partial charge in [-0.05, 0) is 99.8 Å². The van der Waals surface area contributed by atoms with Crippen molar-refractivity contribution in [2.45, 2.75) is 0 Å². The summed E-state index contributed by atoms with van der Waals surface area (Å²) in [5.74, 6) is 0. The van der Waals surface area contributed by atoms with Crippen LogP contribution in [0.3, 0.4) is 0 Å². The van der Waals surface area contributed by atoms with Gasteiger partial charge in [0.25, 0.3) is 0 Å². The zero-order chi connectivity index (χ0) is 32.3. The number of furan rings is 2. The van der Waals surface area contributed by atoms with Gasteiger partial charge in [-0.2, -0.15) is 0 Å². The Balaban J connectivity index is 1.11. The van der Waals surface area contributed by atoms with E-state index in [1.165, 1.54) is 32.8 Å². The fourth-order valence-corrected chi connectivity index (χ4v) is 7.28. The molecule has 10 rings (SSSR count). The van der Waals surface area contributed by atoms with Crippen LogP contribution in [-0.4, -0.2) is 0 Å². The first kappa shape index (κ1) is 27.5. The number of nitrogens with zero attached hydrogens (tertiary/aromatic N) is 1. The lowest BCUT2D eigenvalue weighted by Crippen LogP contribution is -2.10. The summed E-state index contributed by atoms with van der Waals surface area (Å²) in [6, 6.07) is 62.2. The molecule has 0 bridgehead atoms. The topological polar surface area (TPSA) is 29.5 Å². The maximum Gasteiger partial charge on any atom is 0.136 e. The highest BCUT2D eigenvalue weighted by molar-refractivity contribution is 6.19. The molecule has 2 heterocycles. The minimum absolute atomic E-state index is 0.883. The van der Waals surface area contributed by atoms with E-state index >= 15 is 0 Å². The van der Waals surface area contributed by atoms with Crippen molar-refractivity contribution in [3.05, 3.63) is 176 Å². The van der Waals surface area contributed by atoms with Crippen LogP contribution >= 0.6 is 0 Å². The maximum atomic E-state index is 6.20. The van der Waals surface area contributed by atoms with Gasteiger partial charge >= 0.3 is 0 Å². The van der Waals surface area contributed by atoms with Crippen LogP contribution in [-0.2, 0) is 0 Å². The molecule has 0 unspecified atom stereocenters. The smallest absolute Gasteiger partial charge is 0.136 e. The second-order valence-electron chi connectivity index (χ2n) is 12.6. The molecule has 0 aliphatic rings. The minimum atomic E-state index is 0.883. The molecule has 0 spiro atoms. The minimum Gasteiger partial charge on any atom is -0.456 e. The molecule has 2 aromatic heterocycles. The number of rotatable bonds is 5. The van der Waals surface area contributed by atoms with Crippen molar-refractivity contribution < 1.29 is 8.83 Å². The Labute approximate surface area is 282 Å². The van der Waals surface area contributed by atoms with E-state index < -0.39 is 0 Å². The van der Waals surface area contributed by atoms with E-state index in [-0.39, 0.29) is 0 Å². The Kier molecular flexibility index (Phi) is 6.18. The summed E-state index contributed by atoms with van der Waals surface area (Å²) in [6.07, 6.45) is 0. The zero-order valence-corrected chi connectivity index (χ0v) is 26.5. The van der Waals surface area contributed by atoms with E-state index in [9.17, 15) is 0 Å². The molecule has 0 amide bonds. The Morgan fingerprint density at radius 1 is 0.306 bits per heavy atom. The van der Waals surface area contributed by atoms with Crippen LogP contribution in [0.25, 0.3) is 76.9 Å². The van der Waals surface area contributed by atoms with Gasteiger partial charge < -0.3 is 13.7 Å². The molecular formula is C46H29NO2. The predicted octanol–water partition coefficient (Wildman–Crippen LogP) is 13.4. The van der Waals surface area contributed by atoms with Crippen molar-refractivity contribution in [3.63, 3.8) is 0 Å². The number of hydrogen-bond donors (Lipinski definition) is 0. The summed E-state index contributed by atoms with van der Waals surface area (Å²) >= 11 is 0. The van der Waals surface area contributed by atoms with Crippen LogP contribution in [0, 0.1) is 0 Å².